The zero-order valence-corrected chi connectivity index (χ0v) is 11.5. The first-order valence-electron chi connectivity index (χ1n) is 7.46. The molecular formula is C16H20O4. The molecule has 3 aliphatic heterocycles. The van der Waals surface area contributed by atoms with Gasteiger partial charge in [0.2, 0.25) is 0 Å². The molecule has 108 valence electrons. The van der Waals surface area contributed by atoms with Crippen LogP contribution >= 0.6 is 0 Å². The molecule has 3 saturated heterocycles. The molecule has 0 N–H and O–H groups in total. The second kappa shape index (κ2) is 5.11. The van der Waals surface area contributed by atoms with Gasteiger partial charge in [-0.2, -0.15) is 0 Å². The Balaban J connectivity index is 1.48. The van der Waals surface area contributed by atoms with E-state index >= 15 is 0 Å². The molecule has 1 aromatic rings. The van der Waals surface area contributed by atoms with Gasteiger partial charge >= 0.3 is 0 Å². The van der Waals surface area contributed by atoms with Crippen molar-refractivity contribution in [3.8, 4) is 0 Å². The number of fused-ring (bicyclic) bond motifs is 1. The predicted octanol–water partition coefficient (Wildman–Crippen LogP) is 2.27. The molecule has 0 aromatic heterocycles. The van der Waals surface area contributed by atoms with E-state index in [1.54, 1.807) is 0 Å². The number of benzene rings is 1. The zero-order chi connectivity index (χ0) is 13.4. The SMILES string of the molecule is c1ccc(CO[C@@H]2[C@@H]3O[C@@H]3CO[C@]23CCCCO3)cc1. The van der Waals surface area contributed by atoms with Crippen molar-refractivity contribution in [2.24, 2.45) is 0 Å². The fourth-order valence-corrected chi connectivity index (χ4v) is 3.22. The molecule has 4 rings (SSSR count). The molecule has 0 bridgehead atoms. The van der Waals surface area contributed by atoms with Crippen LogP contribution in [0.1, 0.15) is 24.8 Å². The van der Waals surface area contributed by atoms with E-state index in [1.165, 1.54) is 5.56 Å². The third-order valence-electron chi connectivity index (χ3n) is 4.38. The lowest BCUT2D eigenvalue weighted by Gasteiger charge is -2.43. The van der Waals surface area contributed by atoms with Gasteiger partial charge < -0.3 is 18.9 Å². The smallest absolute Gasteiger partial charge is 0.197 e. The summed E-state index contributed by atoms with van der Waals surface area (Å²) < 4.78 is 23.8. The van der Waals surface area contributed by atoms with Crippen molar-refractivity contribution >= 4 is 0 Å². The van der Waals surface area contributed by atoms with Crippen molar-refractivity contribution in [2.75, 3.05) is 13.2 Å². The molecule has 0 radical (unpaired) electrons. The Morgan fingerprint density at radius 3 is 2.85 bits per heavy atom. The molecule has 3 heterocycles. The highest BCUT2D eigenvalue weighted by molar-refractivity contribution is 5.14. The molecule has 1 aromatic carbocycles. The lowest BCUT2D eigenvalue weighted by Crippen LogP contribution is -2.56. The normalized spacial score (nSPS) is 39.5. The second-order valence-electron chi connectivity index (χ2n) is 5.78. The van der Waals surface area contributed by atoms with Crippen molar-refractivity contribution in [1.82, 2.24) is 0 Å². The monoisotopic (exact) mass is 276 g/mol. The number of ether oxygens (including phenoxy) is 4. The van der Waals surface area contributed by atoms with Gasteiger partial charge in [0.15, 0.2) is 5.79 Å². The molecule has 3 fully saturated rings. The average Bonchev–Trinajstić information content (AvgIpc) is 3.28. The molecule has 0 aliphatic carbocycles. The van der Waals surface area contributed by atoms with Crippen LogP contribution in [0.3, 0.4) is 0 Å². The molecule has 20 heavy (non-hydrogen) atoms. The molecule has 4 heteroatoms. The molecule has 4 nitrogen and oxygen atoms in total. The molecule has 4 atom stereocenters. The minimum absolute atomic E-state index is 0.109. The van der Waals surface area contributed by atoms with Crippen molar-refractivity contribution in [3.05, 3.63) is 35.9 Å². The van der Waals surface area contributed by atoms with Gasteiger partial charge in [0.05, 0.1) is 19.8 Å². The lowest BCUT2D eigenvalue weighted by molar-refractivity contribution is -0.318. The molecule has 0 saturated carbocycles. The topological polar surface area (TPSA) is 40.2 Å². The summed E-state index contributed by atoms with van der Waals surface area (Å²) in [5.41, 5.74) is 1.17. The minimum Gasteiger partial charge on any atom is -0.365 e. The maximum absolute atomic E-state index is 6.14. The third kappa shape index (κ3) is 2.27. The van der Waals surface area contributed by atoms with E-state index < -0.39 is 5.79 Å². The Labute approximate surface area is 119 Å². The van der Waals surface area contributed by atoms with Crippen LogP contribution in [0, 0.1) is 0 Å². The van der Waals surface area contributed by atoms with Gasteiger partial charge in [0.25, 0.3) is 0 Å². The molecule has 3 aliphatic rings. The van der Waals surface area contributed by atoms with Crippen LogP contribution in [0.25, 0.3) is 0 Å². The van der Waals surface area contributed by atoms with Gasteiger partial charge in [-0.05, 0) is 18.4 Å². The van der Waals surface area contributed by atoms with Gasteiger partial charge in [-0.1, -0.05) is 30.3 Å². The van der Waals surface area contributed by atoms with Crippen molar-refractivity contribution in [3.63, 3.8) is 0 Å². The summed E-state index contributed by atoms with van der Waals surface area (Å²) in [7, 11) is 0. The van der Waals surface area contributed by atoms with Crippen LogP contribution in [-0.4, -0.2) is 37.3 Å². The van der Waals surface area contributed by atoms with Gasteiger partial charge in [-0.25, -0.2) is 0 Å². The van der Waals surface area contributed by atoms with E-state index in [0.717, 1.165) is 25.9 Å². The minimum atomic E-state index is -0.579. The summed E-state index contributed by atoms with van der Waals surface area (Å²) in [6.45, 7) is 1.96. The van der Waals surface area contributed by atoms with Gasteiger partial charge in [0, 0.05) is 6.42 Å². The van der Waals surface area contributed by atoms with E-state index in [-0.39, 0.29) is 18.3 Å². The number of rotatable bonds is 3. The highest BCUT2D eigenvalue weighted by atomic mass is 16.8. The average molecular weight is 276 g/mol. The highest BCUT2D eigenvalue weighted by Crippen LogP contribution is 2.45. The van der Waals surface area contributed by atoms with Gasteiger partial charge in [0.1, 0.15) is 18.3 Å². The molecule has 1 spiro atoms. The van der Waals surface area contributed by atoms with Crippen molar-refractivity contribution < 1.29 is 18.9 Å². The van der Waals surface area contributed by atoms with Crippen LogP contribution in [-0.2, 0) is 25.6 Å². The van der Waals surface area contributed by atoms with Crippen molar-refractivity contribution in [1.29, 1.82) is 0 Å². The lowest BCUT2D eigenvalue weighted by atomic mass is 9.94. The summed E-state index contributed by atoms with van der Waals surface area (Å²) in [5, 5.41) is 0. The molecule has 0 amide bonds. The van der Waals surface area contributed by atoms with Gasteiger partial charge in [-0.3, -0.25) is 0 Å². The Morgan fingerprint density at radius 2 is 2.05 bits per heavy atom. The first kappa shape index (κ1) is 12.8. The quantitative estimate of drug-likeness (QED) is 0.794. The summed E-state index contributed by atoms with van der Waals surface area (Å²) >= 11 is 0. The zero-order valence-electron chi connectivity index (χ0n) is 11.5. The van der Waals surface area contributed by atoms with Crippen LogP contribution in [0.4, 0.5) is 0 Å². The number of hydrogen-bond donors (Lipinski definition) is 0. The molecule has 0 unspecified atom stereocenters. The predicted molar refractivity (Wildman–Crippen MR) is 72.2 cm³/mol. The number of hydrogen-bond acceptors (Lipinski definition) is 4. The summed E-state index contributed by atoms with van der Waals surface area (Å²) in [6.07, 6.45) is 3.37. The Hall–Kier alpha value is -0.940. The maximum atomic E-state index is 6.14. The van der Waals surface area contributed by atoms with E-state index in [0.29, 0.717) is 13.2 Å². The van der Waals surface area contributed by atoms with Gasteiger partial charge in [-0.15, -0.1) is 0 Å². The summed E-state index contributed by atoms with van der Waals surface area (Å²) in [6, 6.07) is 10.2. The number of epoxide rings is 1. The van der Waals surface area contributed by atoms with E-state index in [1.807, 2.05) is 18.2 Å². The fourth-order valence-electron chi connectivity index (χ4n) is 3.22. The van der Waals surface area contributed by atoms with E-state index in [4.69, 9.17) is 18.9 Å². The highest BCUT2D eigenvalue weighted by Gasteiger charge is 2.61. The summed E-state index contributed by atoms with van der Waals surface area (Å²) in [5.74, 6) is -0.579. The second-order valence-corrected chi connectivity index (χ2v) is 5.78. The van der Waals surface area contributed by atoms with Crippen molar-refractivity contribution in [2.45, 2.75) is 50.0 Å². The first-order chi connectivity index (χ1) is 9.87. The van der Waals surface area contributed by atoms with Crippen LogP contribution in [0.5, 0.6) is 0 Å². The standard InChI is InChI=1S/C16H20O4/c1-2-6-12(7-3-1)10-17-15-14-13(20-14)11-19-16(15)8-4-5-9-18-16/h1-3,6-7,13-15H,4-5,8-11H2/t13-,14-,15-,16-/m1/s1. The Morgan fingerprint density at radius 1 is 1.15 bits per heavy atom. The largest absolute Gasteiger partial charge is 0.365 e. The Bertz CT molecular complexity index is 455. The summed E-state index contributed by atoms with van der Waals surface area (Å²) in [4.78, 5) is 0. The van der Waals surface area contributed by atoms with E-state index in [9.17, 15) is 0 Å². The Kier molecular flexibility index (Phi) is 3.27. The molecular weight excluding hydrogens is 256 g/mol. The third-order valence-corrected chi connectivity index (χ3v) is 4.38. The fraction of sp³-hybridized carbons (Fsp3) is 0.625. The van der Waals surface area contributed by atoms with E-state index in [2.05, 4.69) is 12.1 Å². The van der Waals surface area contributed by atoms with Crippen LogP contribution in [0.15, 0.2) is 30.3 Å². The first-order valence-corrected chi connectivity index (χ1v) is 7.46. The van der Waals surface area contributed by atoms with Crippen LogP contribution in [0.2, 0.25) is 0 Å². The van der Waals surface area contributed by atoms with Crippen LogP contribution < -0.4 is 0 Å². The maximum Gasteiger partial charge on any atom is 0.197 e.